The number of methoxy groups -OCH3 is 1. The van der Waals surface area contributed by atoms with Gasteiger partial charge in [-0.1, -0.05) is 30.3 Å². The van der Waals surface area contributed by atoms with Crippen molar-refractivity contribution in [1.82, 2.24) is 15.2 Å². The SMILES string of the molecule is COc1ccc2ccccc2c1/C=N\Nc1nc(=O)[nH]nc1C. The number of hydrazone groups is 1. The molecule has 2 N–H and O–H groups in total. The molecule has 0 saturated carbocycles. The molecule has 0 radical (unpaired) electrons. The number of fused-ring (bicyclic) bond motifs is 1. The fourth-order valence-electron chi connectivity index (χ4n) is 2.24. The number of rotatable bonds is 4. The third kappa shape index (κ3) is 3.03. The molecule has 0 saturated heterocycles. The van der Waals surface area contributed by atoms with E-state index in [0.29, 0.717) is 17.3 Å². The third-order valence-corrected chi connectivity index (χ3v) is 3.39. The molecule has 0 bridgehead atoms. The molecule has 0 unspecified atom stereocenters. The number of aromatic nitrogens is 3. The molecule has 7 heteroatoms. The van der Waals surface area contributed by atoms with E-state index in [1.54, 1.807) is 20.2 Å². The second-order valence-corrected chi connectivity index (χ2v) is 4.85. The van der Waals surface area contributed by atoms with Crippen molar-refractivity contribution in [3.05, 3.63) is 58.1 Å². The van der Waals surface area contributed by atoms with E-state index >= 15 is 0 Å². The summed E-state index contributed by atoms with van der Waals surface area (Å²) in [6.07, 6.45) is 1.64. The smallest absolute Gasteiger partial charge is 0.363 e. The van der Waals surface area contributed by atoms with Crippen LogP contribution in [0.15, 0.2) is 46.3 Å². The lowest BCUT2D eigenvalue weighted by atomic mass is 10.0. The Labute approximate surface area is 132 Å². The Morgan fingerprint density at radius 2 is 2.09 bits per heavy atom. The number of hydrogen-bond donors (Lipinski definition) is 2. The lowest BCUT2D eigenvalue weighted by molar-refractivity contribution is 0.415. The van der Waals surface area contributed by atoms with E-state index in [4.69, 9.17) is 4.74 Å². The van der Waals surface area contributed by atoms with Crippen LogP contribution in [0.5, 0.6) is 5.75 Å². The van der Waals surface area contributed by atoms with Gasteiger partial charge in [-0.25, -0.2) is 9.89 Å². The average molecular weight is 309 g/mol. The van der Waals surface area contributed by atoms with E-state index in [1.807, 2.05) is 36.4 Å². The lowest BCUT2D eigenvalue weighted by Crippen LogP contribution is -2.15. The van der Waals surface area contributed by atoms with Crippen molar-refractivity contribution in [3.8, 4) is 5.75 Å². The maximum atomic E-state index is 11.2. The summed E-state index contributed by atoms with van der Waals surface area (Å²) in [6.45, 7) is 1.72. The van der Waals surface area contributed by atoms with Gasteiger partial charge in [0, 0.05) is 5.56 Å². The van der Waals surface area contributed by atoms with Gasteiger partial charge in [0.15, 0.2) is 5.82 Å². The van der Waals surface area contributed by atoms with Crippen LogP contribution >= 0.6 is 0 Å². The van der Waals surface area contributed by atoms with Crippen molar-refractivity contribution in [3.63, 3.8) is 0 Å². The van der Waals surface area contributed by atoms with Crippen LogP contribution in [0.1, 0.15) is 11.3 Å². The fourth-order valence-corrected chi connectivity index (χ4v) is 2.24. The molecule has 0 amide bonds. The standard InChI is InChI=1S/C16H15N5O2/c1-10-15(18-16(22)21-19-10)20-17-9-13-12-6-4-3-5-11(12)7-8-14(13)23-2/h3-9H,1-2H3,(H2,18,20,21,22)/b17-9-. The third-order valence-electron chi connectivity index (χ3n) is 3.39. The minimum atomic E-state index is -0.531. The predicted octanol–water partition coefficient (Wildman–Crippen LogP) is 2.08. The molecular weight excluding hydrogens is 294 g/mol. The van der Waals surface area contributed by atoms with Crippen molar-refractivity contribution in [2.75, 3.05) is 12.5 Å². The highest BCUT2D eigenvalue weighted by Crippen LogP contribution is 2.26. The molecule has 2 aromatic carbocycles. The van der Waals surface area contributed by atoms with Gasteiger partial charge in [0.1, 0.15) is 11.4 Å². The first-order valence-corrected chi connectivity index (χ1v) is 6.97. The number of ether oxygens (including phenoxy) is 1. The van der Waals surface area contributed by atoms with Crippen LogP contribution in [-0.4, -0.2) is 28.5 Å². The first-order chi connectivity index (χ1) is 11.2. The van der Waals surface area contributed by atoms with Gasteiger partial charge < -0.3 is 4.74 Å². The summed E-state index contributed by atoms with van der Waals surface area (Å²) in [6, 6.07) is 11.8. The predicted molar refractivity (Wildman–Crippen MR) is 89.1 cm³/mol. The molecule has 23 heavy (non-hydrogen) atoms. The number of nitrogens with one attached hydrogen (secondary N) is 2. The van der Waals surface area contributed by atoms with E-state index in [9.17, 15) is 4.79 Å². The number of hydrogen-bond acceptors (Lipinski definition) is 6. The molecule has 7 nitrogen and oxygen atoms in total. The van der Waals surface area contributed by atoms with Crippen LogP contribution in [0.4, 0.5) is 5.82 Å². The zero-order valence-electron chi connectivity index (χ0n) is 12.7. The number of aryl methyl sites for hydroxylation is 1. The van der Waals surface area contributed by atoms with Crippen LogP contribution in [0.2, 0.25) is 0 Å². The zero-order valence-corrected chi connectivity index (χ0v) is 12.7. The van der Waals surface area contributed by atoms with Gasteiger partial charge in [-0.15, -0.1) is 0 Å². The van der Waals surface area contributed by atoms with E-state index in [0.717, 1.165) is 16.3 Å². The minimum Gasteiger partial charge on any atom is -0.496 e. The Morgan fingerprint density at radius 1 is 1.26 bits per heavy atom. The lowest BCUT2D eigenvalue weighted by Gasteiger charge is -2.08. The summed E-state index contributed by atoms with van der Waals surface area (Å²) >= 11 is 0. The number of anilines is 1. The number of H-pyrrole nitrogens is 1. The van der Waals surface area contributed by atoms with E-state index in [2.05, 4.69) is 25.7 Å². The molecule has 0 spiro atoms. The van der Waals surface area contributed by atoms with E-state index in [1.165, 1.54) is 0 Å². The second kappa shape index (κ2) is 6.27. The maximum Gasteiger partial charge on any atom is 0.363 e. The van der Waals surface area contributed by atoms with Crippen molar-refractivity contribution in [2.24, 2.45) is 5.10 Å². The fraction of sp³-hybridized carbons (Fsp3) is 0.125. The highest BCUT2D eigenvalue weighted by molar-refractivity contribution is 6.02. The van der Waals surface area contributed by atoms with Crippen LogP contribution in [0.3, 0.4) is 0 Å². The second-order valence-electron chi connectivity index (χ2n) is 4.85. The Hall–Kier alpha value is -3.22. The molecule has 0 aliphatic carbocycles. The molecular formula is C16H15N5O2. The monoisotopic (exact) mass is 309 g/mol. The van der Waals surface area contributed by atoms with Gasteiger partial charge in [0.05, 0.1) is 13.3 Å². The normalized spacial score (nSPS) is 11.0. The number of benzene rings is 2. The Balaban J connectivity index is 1.97. The van der Waals surface area contributed by atoms with Crippen molar-refractivity contribution >= 4 is 22.8 Å². The van der Waals surface area contributed by atoms with Gasteiger partial charge in [0.2, 0.25) is 0 Å². The van der Waals surface area contributed by atoms with Gasteiger partial charge in [-0.3, -0.25) is 5.43 Å². The zero-order chi connectivity index (χ0) is 16.2. The first-order valence-electron chi connectivity index (χ1n) is 6.97. The number of aromatic amines is 1. The van der Waals surface area contributed by atoms with Gasteiger partial charge in [-0.05, 0) is 23.8 Å². The van der Waals surface area contributed by atoms with Crippen LogP contribution in [-0.2, 0) is 0 Å². The molecule has 0 atom stereocenters. The van der Waals surface area contributed by atoms with Crippen molar-refractivity contribution in [1.29, 1.82) is 0 Å². The molecule has 0 aliphatic heterocycles. The maximum absolute atomic E-state index is 11.2. The summed E-state index contributed by atoms with van der Waals surface area (Å²) in [5.41, 5.74) is 3.60. The molecule has 0 fully saturated rings. The highest BCUT2D eigenvalue weighted by atomic mass is 16.5. The van der Waals surface area contributed by atoms with Crippen molar-refractivity contribution < 1.29 is 4.74 Å². The number of nitrogens with zero attached hydrogens (tertiary/aromatic N) is 3. The van der Waals surface area contributed by atoms with Crippen molar-refractivity contribution in [2.45, 2.75) is 6.92 Å². The Morgan fingerprint density at radius 3 is 2.91 bits per heavy atom. The topological polar surface area (TPSA) is 92.3 Å². The van der Waals surface area contributed by atoms with Gasteiger partial charge >= 0.3 is 5.69 Å². The molecule has 1 aromatic heterocycles. The van der Waals surface area contributed by atoms with E-state index < -0.39 is 5.69 Å². The molecule has 3 rings (SSSR count). The molecule has 1 heterocycles. The summed E-state index contributed by atoms with van der Waals surface area (Å²) in [7, 11) is 1.61. The Bertz CT molecular complexity index is 933. The quantitative estimate of drug-likeness (QED) is 0.568. The summed E-state index contributed by atoms with van der Waals surface area (Å²) in [5.74, 6) is 1.02. The summed E-state index contributed by atoms with van der Waals surface area (Å²) in [5, 5.41) is 12.4. The average Bonchev–Trinajstić information content (AvgIpc) is 2.58. The van der Waals surface area contributed by atoms with Crippen LogP contribution in [0.25, 0.3) is 10.8 Å². The molecule has 0 aliphatic rings. The van der Waals surface area contributed by atoms with Crippen LogP contribution < -0.4 is 15.9 Å². The van der Waals surface area contributed by atoms with E-state index in [-0.39, 0.29) is 0 Å². The van der Waals surface area contributed by atoms with Gasteiger partial charge in [0.25, 0.3) is 0 Å². The largest absolute Gasteiger partial charge is 0.496 e. The molecule has 116 valence electrons. The summed E-state index contributed by atoms with van der Waals surface area (Å²) < 4.78 is 5.40. The minimum absolute atomic E-state index is 0.309. The van der Waals surface area contributed by atoms with Crippen LogP contribution in [0, 0.1) is 6.92 Å². The Kier molecular flexibility index (Phi) is 4.01. The first kappa shape index (κ1) is 14.7. The summed E-state index contributed by atoms with van der Waals surface area (Å²) in [4.78, 5) is 15.0. The highest BCUT2D eigenvalue weighted by Gasteiger charge is 2.06. The molecule has 3 aromatic rings. The van der Waals surface area contributed by atoms with Gasteiger partial charge in [-0.2, -0.15) is 15.2 Å².